The van der Waals surface area contributed by atoms with Gasteiger partial charge in [0.1, 0.15) is 5.78 Å². The fourth-order valence-corrected chi connectivity index (χ4v) is 1.74. The van der Waals surface area contributed by atoms with E-state index in [0.717, 1.165) is 25.2 Å². The molecule has 1 aliphatic carbocycles. The molecule has 1 saturated carbocycles. The van der Waals surface area contributed by atoms with Gasteiger partial charge < -0.3 is 0 Å². The Morgan fingerprint density at radius 2 is 2.00 bits per heavy atom. The molecule has 1 nitrogen and oxygen atoms in total. The summed E-state index contributed by atoms with van der Waals surface area (Å²) in [6, 6.07) is 0. The van der Waals surface area contributed by atoms with Gasteiger partial charge in [0.15, 0.2) is 0 Å². The number of hydrogen-bond donors (Lipinski definition) is 0. The molecule has 0 atom stereocenters. The number of carbonyl (C=O) groups is 1. The summed E-state index contributed by atoms with van der Waals surface area (Å²) < 4.78 is 0. The Hall–Kier alpha value is -0.590. The van der Waals surface area contributed by atoms with Crippen molar-refractivity contribution in [3.05, 3.63) is 19.1 Å². The first-order valence-electron chi connectivity index (χ1n) is 4.70. The third-order valence-electron chi connectivity index (χ3n) is 2.64. The second kappa shape index (κ2) is 4.44. The molecule has 0 bridgehead atoms. The predicted octanol–water partition coefficient (Wildman–Crippen LogP) is 2.92. The van der Waals surface area contributed by atoms with Crippen molar-refractivity contribution in [3.63, 3.8) is 0 Å². The zero-order valence-corrected chi connectivity index (χ0v) is 7.64. The quantitative estimate of drug-likeness (QED) is 0.588. The van der Waals surface area contributed by atoms with Crippen molar-refractivity contribution in [2.24, 2.45) is 5.92 Å². The normalized spacial score (nSPS) is 19.6. The van der Waals surface area contributed by atoms with Crippen molar-refractivity contribution in [1.82, 2.24) is 0 Å². The summed E-state index contributed by atoms with van der Waals surface area (Å²) in [6.07, 6.45) is 6.48. The topological polar surface area (TPSA) is 17.1 Å². The van der Waals surface area contributed by atoms with Gasteiger partial charge in [0.25, 0.3) is 0 Å². The average molecular weight is 165 g/mol. The molecule has 1 aliphatic rings. The summed E-state index contributed by atoms with van der Waals surface area (Å²) >= 11 is 0. The lowest BCUT2D eigenvalue weighted by Gasteiger charge is -2.22. The van der Waals surface area contributed by atoms with Gasteiger partial charge in [0.2, 0.25) is 0 Å². The lowest BCUT2D eigenvalue weighted by atomic mass is 9.83. The SMILES string of the molecule is [CH2]C(=O)CCC1CCC(=C)CC1. The fraction of sp³-hybridized carbons (Fsp3) is 0.636. The van der Waals surface area contributed by atoms with Gasteiger partial charge in [-0.05, 0) is 38.0 Å². The molecule has 0 N–H and O–H groups in total. The standard InChI is InChI=1S/C11H17O/c1-9-3-6-11(7-4-9)8-5-10(2)12/h11H,1-8H2. The Morgan fingerprint density at radius 3 is 2.50 bits per heavy atom. The van der Waals surface area contributed by atoms with Crippen molar-refractivity contribution in [2.45, 2.75) is 38.5 Å². The van der Waals surface area contributed by atoms with E-state index in [1.165, 1.54) is 18.4 Å². The Kier molecular flexibility index (Phi) is 3.51. The lowest BCUT2D eigenvalue weighted by molar-refractivity contribution is -0.115. The van der Waals surface area contributed by atoms with Gasteiger partial charge in [-0.1, -0.05) is 12.2 Å². The number of rotatable bonds is 3. The number of allylic oxidation sites excluding steroid dienone is 1. The molecular formula is C11H17O. The molecule has 1 radical (unpaired) electrons. The largest absolute Gasteiger partial charge is 0.300 e. The Bertz CT molecular complexity index is 171. The highest BCUT2D eigenvalue weighted by atomic mass is 16.1. The third kappa shape index (κ3) is 3.21. The van der Waals surface area contributed by atoms with E-state index >= 15 is 0 Å². The lowest BCUT2D eigenvalue weighted by Crippen LogP contribution is -2.09. The second-order valence-electron chi connectivity index (χ2n) is 3.77. The van der Waals surface area contributed by atoms with Gasteiger partial charge in [0, 0.05) is 13.3 Å². The van der Waals surface area contributed by atoms with Crippen molar-refractivity contribution in [3.8, 4) is 0 Å². The summed E-state index contributed by atoms with van der Waals surface area (Å²) in [5, 5.41) is 0. The molecule has 0 aromatic heterocycles. The molecule has 0 spiro atoms. The first-order valence-corrected chi connectivity index (χ1v) is 4.70. The smallest absolute Gasteiger partial charge is 0.133 e. The zero-order valence-electron chi connectivity index (χ0n) is 7.64. The van der Waals surface area contributed by atoms with E-state index in [9.17, 15) is 4.79 Å². The maximum atomic E-state index is 10.6. The minimum atomic E-state index is 0.0828. The second-order valence-corrected chi connectivity index (χ2v) is 3.77. The van der Waals surface area contributed by atoms with Crippen LogP contribution in [0.2, 0.25) is 0 Å². The summed E-state index contributed by atoms with van der Waals surface area (Å²) in [4.78, 5) is 10.6. The van der Waals surface area contributed by atoms with E-state index in [2.05, 4.69) is 13.5 Å². The van der Waals surface area contributed by atoms with E-state index in [1.807, 2.05) is 0 Å². The highest BCUT2D eigenvalue weighted by Gasteiger charge is 2.15. The van der Waals surface area contributed by atoms with Gasteiger partial charge in [-0.2, -0.15) is 0 Å². The third-order valence-corrected chi connectivity index (χ3v) is 2.64. The van der Waals surface area contributed by atoms with Gasteiger partial charge in [-0.25, -0.2) is 0 Å². The summed E-state index contributed by atoms with van der Waals surface area (Å²) in [5.74, 6) is 0.834. The predicted molar refractivity (Wildman–Crippen MR) is 50.7 cm³/mol. The molecule has 1 heteroatoms. The van der Waals surface area contributed by atoms with Crippen LogP contribution in [-0.4, -0.2) is 5.78 Å². The summed E-state index contributed by atoms with van der Waals surface area (Å²) in [6.45, 7) is 7.35. The molecule has 12 heavy (non-hydrogen) atoms. The Balaban J connectivity index is 2.17. The molecule has 0 amide bonds. The summed E-state index contributed by atoms with van der Waals surface area (Å²) in [7, 11) is 0. The number of hydrogen-bond acceptors (Lipinski definition) is 1. The highest BCUT2D eigenvalue weighted by Crippen LogP contribution is 2.29. The zero-order chi connectivity index (χ0) is 8.97. The van der Waals surface area contributed by atoms with E-state index in [1.54, 1.807) is 0 Å². The molecule has 67 valence electrons. The monoisotopic (exact) mass is 165 g/mol. The van der Waals surface area contributed by atoms with Crippen molar-refractivity contribution >= 4 is 5.78 Å². The summed E-state index contributed by atoms with van der Waals surface area (Å²) in [5.41, 5.74) is 1.38. The maximum absolute atomic E-state index is 10.6. The highest BCUT2D eigenvalue weighted by molar-refractivity contribution is 5.82. The Morgan fingerprint density at radius 1 is 1.42 bits per heavy atom. The van der Waals surface area contributed by atoms with Gasteiger partial charge in [0.05, 0.1) is 0 Å². The Labute approximate surface area is 74.9 Å². The number of Topliss-reactive ketones (excluding diaryl/α,β-unsaturated/α-hetero) is 1. The molecule has 0 unspecified atom stereocenters. The van der Waals surface area contributed by atoms with Crippen LogP contribution in [0.1, 0.15) is 38.5 Å². The minimum Gasteiger partial charge on any atom is -0.300 e. The number of carbonyl (C=O) groups excluding carboxylic acids is 1. The van der Waals surface area contributed by atoms with Crippen LogP contribution >= 0.6 is 0 Å². The number of ketones is 1. The van der Waals surface area contributed by atoms with Crippen LogP contribution in [0, 0.1) is 12.8 Å². The fourth-order valence-electron chi connectivity index (χ4n) is 1.74. The minimum absolute atomic E-state index is 0.0828. The first-order chi connectivity index (χ1) is 5.68. The molecule has 0 aliphatic heterocycles. The average Bonchev–Trinajstić information content (AvgIpc) is 2.03. The maximum Gasteiger partial charge on any atom is 0.133 e. The van der Waals surface area contributed by atoms with Crippen LogP contribution in [0.25, 0.3) is 0 Å². The van der Waals surface area contributed by atoms with Crippen LogP contribution in [0.4, 0.5) is 0 Å². The van der Waals surface area contributed by atoms with Crippen molar-refractivity contribution < 1.29 is 4.79 Å². The van der Waals surface area contributed by atoms with Crippen molar-refractivity contribution in [2.75, 3.05) is 0 Å². The molecule has 0 heterocycles. The molecule has 0 saturated heterocycles. The van der Waals surface area contributed by atoms with E-state index < -0.39 is 0 Å². The van der Waals surface area contributed by atoms with Gasteiger partial charge in [-0.3, -0.25) is 4.79 Å². The van der Waals surface area contributed by atoms with E-state index in [4.69, 9.17) is 0 Å². The van der Waals surface area contributed by atoms with Crippen LogP contribution in [0.3, 0.4) is 0 Å². The first kappa shape index (κ1) is 9.50. The van der Waals surface area contributed by atoms with Crippen LogP contribution < -0.4 is 0 Å². The molecule has 0 aromatic carbocycles. The molecular weight excluding hydrogens is 148 g/mol. The molecule has 1 fully saturated rings. The van der Waals surface area contributed by atoms with Crippen LogP contribution in [-0.2, 0) is 4.79 Å². The van der Waals surface area contributed by atoms with E-state index in [-0.39, 0.29) is 5.78 Å². The molecule has 0 aromatic rings. The van der Waals surface area contributed by atoms with E-state index in [0.29, 0.717) is 6.42 Å². The van der Waals surface area contributed by atoms with Crippen LogP contribution in [0.5, 0.6) is 0 Å². The van der Waals surface area contributed by atoms with Gasteiger partial charge in [-0.15, -0.1) is 0 Å². The van der Waals surface area contributed by atoms with Crippen LogP contribution in [0.15, 0.2) is 12.2 Å². The van der Waals surface area contributed by atoms with Crippen molar-refractivity contribution in [1.29, 1.82) is 0 Å². The van der Waals surface area contributed by atoms with Gasteiger partial charge >= 0.3 is 0 Å². The molecule has 1 rings (SSSR count).